The lowest BCUT2D eigenvalue weighted by Gasteiger charge is -2.09. The molecule has 6 heteroatoms. The standard InChI is InChI=1S/C27H22IN3O2/c28-24-15-20(10-11-26(24)33-18-19-6-2-1-3-7-19)14-22(16-29)27(32)30-13-12-21-17-31-25-9-5-4-8-23(21)25/h1-11,14-15,17,31H,12-13,18H2,(H,30,32)/b22-14-. The van der Waals surface area contributed by atoms with E-state index in [-0.39, 0.29) is 11.5 Å². The molecule has 164 valence electrons. The number of H-pyrrole nitrogens is 1. The van der Waals surface area contributed by atoms with Gasteiger partial charge >= 0.3 is 0 Å². The van der Waals surface area contributed by atoms with E-state index in [0.29, 0.717) is 19.6 Å². The van der Waals surface area contributed by atoms with Gasteiger partial charge in [0, 0.05) is 23.6 Å². The molecular weight excluding hydrogens is 525 g/mol. The van der Waals surface area contributed by atoms with Gasteiger partial charge in [-0.1, -0.05) is 54.6 Å². The highest BCUT2D eigenvalue weighted by Crippen LogP contribution is 2.24. The number of aromatic amines is 1. The van der Waals surface area contributed by atoms with E-state index in [1.807, 2.05) is 79.0 Å². The molecule has 0 bridgehead atoms. The number of nitrogens with zero attached hydrogens (tertiary/aromatic N) is 1. The van der Waals surface area contributed by atoms with Gasteiger partial charge < -0.3 is 15.0 Å². The predicted molar refractivity (Wildman–Crippen MR) is 139 cm³/mol. The number of benzene rings is 3. The molecule has 0 aliphatic heterocycles. The van der Waals surface area contributed by atoms with E-state index < -0.39 is 0 Å². The lowest BCUT2D eigenvalue weighted by atomic mass is 10.1. The van der Waals surface area contributed by atoms with Crippen molar-refractivity contribution in [2.75, 3.05) is 6.54 Å². The van der Waals surface area contributed by atoms with E-state index in [4.69, 9.17) is 4.74 Å². The average molecular weight is 547 g/mol. The van der Waals surface area contributed by atoms with Crippen molar-refractivity contribution in [2.24, 2.45) is 0 Å². The fourth-order valence-corrected chi connectivity index (χ4v) is 4.21. The topological polar surface area (TPSA) is 77.9 Å². The maximum atomic E-state index is 12.5. The van der Waals surface area contributed by atoms with Gasteiger partial charge in [-0.25, -0.2) is 0 Å². The summed E-state index contributed by atoms with van der Waals surface area (Å²) >= 11 is 2.20. The van der Waals surface area contributed by atoms with Crippen LogP contribution in [-0.4, -0.2) is 17.4 Å². The van der Waals surface area contributed by atoms with E-state index in [2.05, 4.69) is 39.0 Å². The van der Waals surface area contributed by atoms with Crippen molar-refractivity contribution in [3.8, 4) is 11.8 Å². The van der Waals surface area contributed by atoms with Gasteiger partial charge in [-0.3, -0.25) is 4.79 Å². The minimum absolute atomic E-state index is 0.0719. The van der Waals surface area contributed by atoms with Gasteiger partial charge in [0.25, 0.3) is 5.91 Å². The Morgan fingerprint density at radius 3 is 2.67 bits per heavy atom. The lowest BCUT2D eigenvalue weighted by molar-refractivity contribution is -0.117. The number of fused-ring (bicyclic) bond motifs is 1. The Morgan fingerprint density at radius 2 is 1.88 bits per heavy atom. The van der Waals surface area contributed by atoms with Gasteiger partial charge in [-0.2, -0.15) is 5.26 Å². The first kappa shape index (κ1) is 22.6. The molecular formula is C27H22IN3O2. The van der Waals surface area contributed by atoms with Crippen LogP contribution < -0.4 is 10.1 Å². The third-order valence-corrected chi connectivity index (χ3v) is 6.07. The number of hydrogen-bond acceptors (Lipinski definition) is 3. The van der Waals surface area contributed by atoms with Crippen molar-refractivity contribution in [3.05, 3.63) is 105 Å². The second-order valence-electron chi connectivity index (χ2n) is 7.50. The summed E-state index contributed by atoms with van der Waals surface area (Å²) in [5.74, 6) is 0.384. The molecule has 2 N–H and O–H groups in total. The molecule has 33 heavy (non-hydrogen) atoms. The molecule has 0 aliphatic carbocycles. The summed E-state index contributed by atoms with van der Waals surface area (Å²) in [7, 11) is 0. The summed E-state index contributed by atoms with van der Waals surface area (Å²) in [6.45, 7) is 0.928. The predicted octanol–water partition coefficient (Wildman–Crippen LogP) is 5.62. The van der Waals surface area contributed by atoms with Crippen LogP contribution in [0.1, 0.15) is 16.7 Å². The van der Waals surface area contributed by atoms with Crippen LogP contribution in [-0.2, 0) is 17.8 Å². The van der Waals surface area contributed by atoms with Crippen molar-refractivity contribution < 1.29 is 9.53 Å². The molecule has 4 rings (SSSR count). The van der Waals surface area contributed by atoms with Crippen LogP contribution in [0.3, 0.4) is 0 Å². The quantitative estimate of drug-likeness (QED) is 0.171. The number of aromatic nitrogens is 1. The number of carbonyl (C=O) groups is 1. The number of ether oxygens (including phenoxy) is 1. The van der Waals surface area contributed by atoms with Crippen molar-refractivity contribution in [3.63, 3.8) is 0 Å². The third kappa shape index (κ3) is 5.82. The molecule has 1 aromatic heterocycles. The summed E-state index contributed by atoms with van der Waals surface area (Å²) in [5, 5.41) is 13.5. The monoisotopic (exact) mass is 547 g/mol. The first-order valence-corrected chi connectivity index (χ1v) is 11.6. The first-order valence-electron chi connectivity index (χ1n) is 10.6. The van der Waals surface area contributed by atoms with Gasteiger partial charge in [0.2, 0.25) is 0 Å². The van der Waals surface area contributed by atoms with E-state index in [1.165, 1.54) is 0 Å². The summed E-state index contributed by atoms with van der Waals surface area (Å²) in [4.78, 5) is 15.8. The zero-order valence-corrected chi connectivity index (χ0v) is 20.0. The number of nitriles is 1. The Morgan fingerprint density at radius 1 is 1.09 bits per heavy atom. The lowest BCUT2D eigenvalue weighted by Crippen LogP contribution is -2.26. The third-order valence-electron chi connectivity index (χ3n) is 5.22. The van der Waals surface area contributed by atoms with Crippen LogP contribution in [0.4, 0.5) is 0 Å². The van der Waals surface area contributed by atoms with Crippen molar-refractivity contribution in [2.45, 2.75) is 13.0 Å². The minimum atomic E-state index is -0.378. The number of carbonyl (C=O) groups excluding carboxylic acids is 1. The van der Waals surface area contributed by atoms with Crippen LogP contribution in [0.15, 0.2) is 84.6 Å². The Labute approximate surface area is 206 Å². The zero-order valence-electron chi connectivity index (χ0n) is 17.8. The smallest absolute Gasteiger partial charge is 0.261 e. The molecule has 0 saturated heterocycles. The molecule has 0 fully saturated rings. The Hall–Kier alpha value is -3.57. The van der Waals surface area contributed by atoms with E-state index in [9.17, 15) is 10.1 Å². The number of rotatable bonds is 8. The Balaban J connectivity index is 1.36. The second kappa shape index (κ2) is 10.8. The summed E-state index contributed by atoms with van der Waals surface area (Å²) in [6, 6.07) is 25.6. The van der Waals surface area contributed by atoms with Gasteiger partial charge in [-0.15, -0.1) is 0 Å². The van der Waals surface area contributed by atoms with Crippen LogP contribution >= 0.6 is 22.6 Å². The van der Waals surface area contributed by atoms with E-state index >= 15 is 0 Å². The number of nitrogens with one attached hydrogen (secondary N) is 2. The number of amides is 1. The molecule has 0 aliphatic rings. The van der Waals surface area contributed by atoms with Crippen molar-refractivity contribution >= 4 is 45.5 Å². The zero-order chi connectivity index (χ0) is 23.0. The molecule has 0 unspecified atom stereocenters. The highest BCUT2D eigenvalue weighted by atomic mass is 127. The first-order chi connectivity index (χ1) is 16.1. The van der Waals surface area contributed by atoms with E-state index in [1.54, 1.807) is 6.08 Å². The molecule has 3 aromatic carbocycles. The summed E-state index contributed by atoms with van der Waals surface area (Å²) < 4.78 is 6.81. The second-order valence-corrected chi connectivity index (χ2v) is 8.66. The van der Waals surface area contributed by atoms with Crippen molar-refractivity contribution in [1.82, 2.24) is 10.3 Å². The van der Waals surface area contributed by atoms with Crippen LogP contribution in [0.25, 0.3) is 17.0 Å². The highest BCUT2D eigenvalue weighted by Gasteiger charge is 2.11. The fourth-order valence-electron chi connectivity index (χ4n) is 3.52. The maximum absolute atomic E-state index is 12.5. The molecule has 0 atom stereocenters. The van der Waals surface area contributed by atoms with E-state index in [0.717, 1.165) is 36.9 Å². The number of hydrogen-bond donors (Lipinski definition) is 2. The van der Waals surface area contributed by atoms with Crippen LogP contribution in [0.2, 0.25) is 0 Å². The molecule has 4 aromatic rings. The largest absolute Gasteiger partial charge is 0.488 e. The normalized spacial score (nSPS) is 11.2. The van der Waals surface area contributed by atoms with Crippen LogP contribution in [0.5, 0.6) is 5.75 Å². The van der Waals surface area contributed by atoms with Crippen molar-refractivity contribution in [1.29, 1.82) is 5.26 Å². The van der Waals surface area contributed by atoms with Gasteiger partial charge in [0.05, 0.1) is 3.57 Å². The minimum Gasteiger partial charge on any atom is -0.488 e. The fraction of sp³-hybridized carbons (Fsp3) is 0.111. The highest BCUT2D eigenvalue weighted by molar-refractivity contribution is 14.1. The summed E-state index contributed by atoms with van der Waals surface area (Å²) in [5.41, 5.74) is 4.14. The van der Waals surface area contributed by atoms with Gasteiger partial charge in [-0.05, 0) is 70.0 Å². The molecule has 1 heterocycles. The Bertz CT molecular complexity index is 1340. The maximum Gasteiger partial charge on any atom is 0.261 e. The summed E-state index contributed by atoms with van der Waals surface area (Å²) in [6.07, 6.45) is 4.24. The molecule has 1 amide bonds. The van der Waals surface area contributed by atoms with Gasteiger partial charge in [0.15, 0.2) is 0 Å². The molecule has 0 saturated carbocycles. The Kier molecular flexibility index (Phi) is 7.43. The average Bonchev–Trinajstić information content (AvgIpc) is 3.25. The molecule has 0 radical (unpaired) electrons. The SMILES string of the molecule is N#C/C(=C/c1ccc(OCc2ccccc2)c(I)c1)C(=O)NCCc1c[nH]c2ccccc12. The number of halogens is 1. The van der Waals surface area contributed by atoms with Crippen LogP contribution in [0, 0.1) is 14.9 Å². The molecule has 0 spiro atoms. The number of para-hydroxylation sites is 1. The van der Waals surface area contributed by atoms with Gasteiger partial charge in [0.1, 0.15) is 24.0 Å². The molecule has 5 nitrogen and oxygen atoms in total.